The van der Waals surface area contributed by atoms with Gasteiger partial charge in [-0.3, -0.25) is 9.19 Å². The third-order valence-corrected chi connectivity index (χ3v) is 3.17. The van der Waals surface area contributed by atoms with Gasteiger partial charge in [0.1, 0.15) is 5.75 Å². The van der Waals surface area contributed by atoms with Crippen molar-refractivity contribution < 1.29 is 8.95 Å². The molecule has 0 saturated carbocycles. The van der Waals surface area contributed by atoms with Crippen molar-refractivity contribution in [3.63, 3.8) is 0 Å². The first-order valence-electron chi connectivity index (χ1n) is 3.90. The molecule has 2 rings (SSSR count). The van der Waals surface area contributed by atoms with Gasteiger partial charge in [0, 0.05) is 11.8 Å². The Kier molecular flexibility index (Phi) is 2.14. The number of aromatic nitrogens is 1. The monoisotopic (exact) mass is 195 g/mol. The highest BCUT2D eigenvalue weighted by molar-refractivity contribution is 7.85. The van der Waals surface area contributed by atoms with E-state index < -0.39 is 10.8 Å². The molecule has 0 spiro atoms. The van der Waals surface area contributed by atoms with Gasteiger partial charge in [-0.25, -0.2) is 0 Å². The van der Waals surface area contributed by atoms with Crippen molar-refractivity contribution in [1.82, 2.24) is 4.98 Å². The van der Waals surface area contributed by atoms with E-state index in [1.54, 1.807) is 19.4 Å². The molecule has 1 aromatic heterocycles. The first-order valence-corrected chi connectivity index (χ1v) is 5.22. The molecule has 0 N–H and O–H groups in total. The summed E-state index contributed by atoms with van der Waals surface area (Å²) < 4.78 is 16.5. The molecule has 1 atom stereocenters. The topological polar surface area (TPSA) is 39.2 Å². The second-order valence-corrected chi connectivity index (χ2v) is 4.14. The average molecular weight is 195 g/mol. The van der Waals surface area contributed by atoms with Crippen LogP contribution in [0.1, 0.15) is 5.69 Å². The maximum absolute atomic E-state index is 11.5. The number of rotatable bonds is 1. The maximum Gasteiger partial charge on any atom is 0.138 e. The minimum Gasteiger partial charge on any atom is -0.495 e. The van der Waals surface area contributed by atoms with Crippen molar-refractivity contribution >= 4 is 16.9 Å². The summed E-state index contributed by atoms with van der Waals surface area (Å²) in [4.78, 5) is 4.90. The Balaban J connectivity index is 2.54. The van der Waals surface area contributed by atoms with E-state index >= 15 is 0 Å². The van der Waals surface area contributed by atoms with E-state index in [0.717, 1.165) is 10.6 Å². The lowest BCUT2D eigenvalue weighted by Crippen LogP contribution is -2.04. The lowest BCUT2D eigenvalue weighted by molar-refractivity contribution is 0.411. The van der Waals surface area contributed by atoms with Crippen molar-refractivity contribution in [2.24, 2.45) is 0 Å². The molecule has 13 heavy (non-hydrogen) atoms. The van der Waals surface area contributed by atoms with E-state index in [0.29, 0.717) is 11.5 Å². The van der Waals surface area contributed by atoms with Crippen LogP contribution in [-0.4, -0.2) is 22.1 Å². The molecule has 0 aliphatic carbocycles. The molecule has 0 amide bonds. The van der Waals surface area contributed by atoms with Crippen LogP contribution in [0.2, 0.25) is 0 Å². The fourth-order valence-corrected chi connectivity index (χ4v) is 2.25. The summed E-state index contributed by atoms with van der Waals surface area (Å²) >= 11 is 0. The molecule has 68 valence electrons. The standard InChI is InChI=1S/C9H9NO2S/c1-12-7-5-9-8(10-6-7)3-2-4-13(9)11/h2-3,5-6H,4H2,1H3. The zero-order chi connectivity index (χ0) is 9.26. The number of hydrogen-bond donors (Lipinski definition) is 0. The van der Waals surface area contributed by atoms with Crippen molar-refractivity contribution in [2.45, 2.75) is 4.90 Å². The predicted molar refractivity (Wildman–Crippen MR) is 51.1 cm³/mol. The summed E-state index contributed by atoms with van der Waals surface area (Å²) in [5.41, 5.74) is 0.783. The summed E-state index contributed by atoms with van der Waals surface area (Å²) in [5, 5.41) is 0. The number of ether oxygens (including phenoxy) is 1. The Morgan fingerprint density at radius 1 is 1.62 bits per heavy atom. The van der Waals surface area contributed by atoms with Gasteiger partial charge in [-0.2, -0.15) is 0 Å². The maximum atomic E-state index is 11.5. The van der Waals surface area contributed by atoms with Crippen LogP contribution >= 0.6 is 0 Å². The largest absolute Gasteiger partial charge is 0.495 e. The quantitative estimate of drug-likeness (QED) is 0.676. The Bertz CT molecular complexity index is 387. The second-order valence-electron chi connectivity index (χ2n) is 2.67. The van der Waals surface area contributed by atoms with E-state index in [-0.39, 0.29) is 0 Å². The average Bonchev–Trinajstić information content (AvgIpc) is 2.18. The molecule has 1 aliphatic rings. The molecule has 0 saturated heterocycles. The van der Waals surface area contributed by atoms with Gasteiger partial charge in [0.15, 0.2) is 0 Å². The highest BCUT2D eigenvalue weighted by Gasteiger charge is 2.13. The van der Waals surface area contributed by atoms with E-state index in [4.69, 9.17) is 4.74 Å². The van der Waals surface area contributed by atoms with Crippen LogP contribution in [0.5, 0.6) is 5.75 Å². The fourth-order valence-electron chi connectivity index (χ4n) is 1.19. The van der Waals surface area contributed by atoms with Gasteiger partial charge in [-0.05, 0) is 6.08 Å². The SMILES string of the molecule is COc1cnc2c(c1)S(=O)CC=C2. The van der Waals surface area contributed by atoms with Gasteiger partial charge in [0.05, 0.1) is 34.7 Å². The molecule has 1 aliphatic heterocycles. The van der Waals surface area contributed by atoms with Gasteiger partial charge in [0.2, 0.25) is 0 Å². The third kappa shape index (κ3) is 1.49. The van der Waals surface area contributed by atoms with Crippen LogP contribution in [0.15, 0.2) is 23.2 Å². The molecular formula is C9H9NO2S. The van der Waals surface area contributed by atoms with Crippen LogP contribution in [0.25, 0.3) is 6.08 Å². The van der Waals surface area contributed by atoms with E-state index in [2.05, 4.69) is 4.98 Å². The number of nitrogens with zero attached hydrogens (tertiary/aromatic N) is 1. The van der Waals surface area contributed by atoms with Crippen molar-refractivity contribution in [1.29, 1.82) is 0 Å². The highest BCUT2D eigenvalue weighted by atomic mass is 32.2. The Labute approximate surface area is 78.9 Å². The van der Waals surface area contributed by atoms with Crippen molar-refractivity contribution in [3.05, 3.63) is 24.0 Å². The van der Waals surface area contributed by atoms with Crippen LogP contribution in [0.4, 0.5) is 0 Å². The molecule has 0 bridgehead atoms. The van der Waals surface area contributed by atoms with Crippen molar-refractivity contribution in [2.75, 3.05) is 12.9 Å². The molecule has 1 unspecified atom stereocenters. The summed E-state index contributed by atoms with van der Waals surface area (Å²) in [7, 11) is 0.618. The van der Waals surface area contributed by atoms with Crippen LogP contribution in [0.3, 0.4) is 0 Å². The summed E-state index contributed by atoms with van der Waals surface area (Å²) in [5.74, 6) is 1.23. The van der Waals surface area contributed by atoms with Crippen LogP contribution in [0, 0.1) is 0 Å². The number of hydrogen-bond acceptors (Lipinski definition) is 3. The van der Waals surface area contributed by atoms with Gasteiger partial charge in [0.25, 0.3) is 0 Å². The number of pyridine rings is 1. The van der Waals surface area contributed by atoms with Crippen LogP contribution in [-0.2, 0) is 10.8 Å². The molecule has 2 heterocycles. The zero-order valence-electron chi connectivity index (χ0n) is 7.19. The summed E-state index contributed by atoms with van der Waals surface area (Å²) in [6.07, 6.45) is 5.39. The van der Waals surface area contributed by atoms with Crippen molar-refractivity contribution in [3.8, 4) is 5.75 Å². The third-order valence-electron chi connectivity index (χ3n) is 1.86. The Morgan fingerprint density at radius 3 is 3.23 bits per heavy atom. The van der Waals surface area contributed by atoms with E-state index in [1.807, 2.05) is 12.2 Å². The Morgan fingerprint density at radius 2 is 2.46 bits per heavy atom. The molecule has 1 aromatic rings. The molecular weight excluding hydrogens is 186 g/mol. The number of methoxy groups -OCH3 is 1. The van der Waals surface area contributed by atoms with Crippen LogP contribution < -0.4 is 4.74 Å². The van der Waals surface area contributed by atoms with E-state index in [9.17, 15) is 4.21 Å². The fraction of sp³-hybridized carbons (Fsp3) is 0.222. The molecule has 4 heteroatoms. The first-order chi connectivity index (χ1) is 6.31. The first kappa shape index (κ1) is 8.44. The molecule has 0 aromatic carbocycles. The second kappa shape index (κ2) is 3.30. The summed E-state index contributed by atoms with van der Waals surface area (Å²) in [6.45, 7) is 0. The molecule has 0 radical (unpaired) electrons. The zero-order valence-corrected chi connectivity index (χ0v) is 8.00. The smallest absolute Gasteiger partial charge is 0.138 e. The molecule has 3 nitrogen and oxygen atoms in total. The van der Waals surface area contributed by atoms with Gasteiger partial charge >= 0.3 is 0 Å². The van der Waals surface area contributed by atoms with Gasteiger partial charge in [-0.1, -0.05) is 6.08 Å². The van der Waals surface area contributed by atoms with E-state index in [1.165, 1.54) is 0 Å². The minimum atomic E-state index is -0.956. The predicted octanol–water partition coefficient (Wildman–Crippen LogP) is 1.22. The van der Waals surface area contributed by atoms with Gasteiger partial charge in [-0.15, -0.1) is 0 Å². The lowest BCUT2D eigenvalue weighted by Gasteiger charge is -2.09. The highest BCUT2D eigenvalue weighted by Crippen LogP contribution is 2.22. The Hall–Kier alpha value is -1.16. The normalized spacial score (nSPS) is 19.6. The minimum absolute atomic E-state index is 0.571. The summed E-state index contributed by atoms with van der Waals surface area (Å²) in [6, 6.07) is 1.78. The molecule has 0 fully saturated rings. The lowest BCUT2D eigenvalue weighted by atomic mass is 10.3. The van der Waals surface area contributed by atoms with Gasteiger partial charge < -0.3 is 4.74 Å². The number of fused-ring (bicyclic) bond motifs is 1.